The van der Waals surface area contributed by atoms with Crippen molar-refractivity contribution in [1.82, 2.24) is 5.32 Å². The summed E-state index contributed by atoms with van der Waals surface area (Å²) in [6.07, 6.45) is -2.40. The number of benzene rings is 2. The van der Waals surface area contributed by atoms with Crippen LogP contribution in [0.15, 0.2) is 48.5 Å². The highest BCUT2D eigenvalue weighted by Crippen LogP contribution is 2.19. The number of halogens is 2. The van der Waals surface area contributed by atoms with Crippen LogP contribution in [0.1, 0.15) is 41.6 Å². The molecule has 1 atom stereocenters. The van der Waals surface area contributed by atoms with Gasteiger partial charge in [-0.15, -0.1) is 0 Å². The molecule has 0 unspecified atom stereocenters. The van der Waals surface area contributed by atoms with Crippen molar-refractivity contribution in [2.75, 3.05) is 0 Å². The van der Waals surface area contributed by atoms with Gasteiger partial charge in [0, 0.05) is 18.2 Å². The Kier molecular flexibility index (Phi) is 4.85. The Bertz CT molecular complexity index is 532. The smallest absolute Gasteiger partial charge is 0.263 e. The van der Waals surface area contributed by atoms with E-state index >= 15 is 0 Å². The van der Waals surface area contributed by atoms with E-state index in [0.717, 1.165) is 5.56 Å². The predicted molar refractivity (Wildman–Crippen MR) is 77.8 cm³/mol. The van der Waals surface area contributed by atoms with Crippen molar-refractivity contribution < 1.29 is 8.78 Å². The van der Waals surface area contributed by atoms with E-state index < -0.39 is 6.43 Å². The molecule has 1 nitrogen and oxygen atoms in total. The van der Waals surface area contributed by atoms with Crippen LogP contribution in [0.25, 0.3) is 0 Å². The van der Waals surface area contributed by atoms with Gasteiger partial charge in [0.05, 0.1) is 0 Å². The SMILES string of the molecule is Cc1ccc([C@@H](C)NCc2ccc(C(F)F)cc2)cc1. The fourth-order valence-corrected chi connectivity index (χ4v) is 2.02. The molecule has 0 amide bonds. The highest BCUT2D eigenvalue weighted by molar-refractivity contribution is 5.25. The summed E-state index contributed by atoms with van der Waals surface area (Å²) in [5, 5.41) is 3.40. The summed E-state index contributed by atoms with van der Waals surface area (Å²) in [7, 11) is 0. The fourth-order valence-electron chi connectivity index (χ4n) is 2.02. The molecule has 0 fully saturated rings. The molecular formula is C17H19F2N. The Hall–Kier alpha value is -1.74. The van der Waals surface area contributed by atoms with E-state index in [-0.39, 0.29) is 11.6 Å². The molecule has 0 spiro atoms. The first-order chi connectivity index (χ1) is 9.56. The molecule has 1 N–H and O–H groups in total. The van der Waals surface area contributed by atoms with E-state index in [1.54, 1.807) is 12.1 Å². The quantitative estimate of drug-likeness (QED) is 0.827. The minimum atomic E-state index is -2.40. The van der Waals surface area contributed by atoms with Gasteiger partial charge in [0.2, 0.25) is 0 Å². The molecule has 2 rings (SSSR count). The van der Waals surface area contributed by atoms with E-state index in [0.29, 0.717) is 6.54 Å². The Balaban J connectivity index is 1.92. The Labute approximate surface area is 118 Å². The molecule has 0 bridgehead atoms. The predicted octanol–water partition coefficient (Wildman–Crippen LogP) is 4.78. The number of nitrogens with one attached hydrogen (secondary N) is 1. The van der Waals surface area contributed by atoms with Gasteiger partial charge >= 0.3 is 0 Å². The summed E-state index contributed by atoms with van der Waals surface area (Å²) in [5.41, 5.74) is 3.54. The van der Waals surface area contributed by atoms with Gasteiger partial charge in [0.25, 0.3) is 6.43 Å². The molecule has 0 saturated heterocycles. The maximum Gasteiger partial charge on any atom is 0.263 e. The molecule has 106 valence electrons. The molecule has 0 aromatic heterocycles. The van der Waals surface area contributed by atoms with Gasteiger partial charge in [-0.25, -0.2) is 8.78 Å². The van der Waals surface area contributed by atoms with E-state index in [1.165, 1.54) is 23.3 Å². The van der Waals surface area contributed by atoms with Crippen LogP contribution in [0.4, 0.5) is 8.78 Å². The third-order valence-electron chi connectivity index (χ3n) is 3.42. The molecule has 20 heavy (non-hydrogen) atoms. The van der Waals surface area contributed by atoms with Crippen LogP contribution in [0.5, 0.6) is 0 Å². The summed E-state index contributed by atoms with van der Waals surface area (Å²) < 4.78 is 24.9. The van der Waals surface area contributed by atoms with Crippen LogP contribution in [-0.4, -0.2) is 0 Å². The molecule has 0 aliphatic rings. The highest BCUT2D eigenvalue weighted by Gasteiger charge is 2.07. The Morgan fingerprint density at radius 2 is 1.45 bits per heavy atom. The van der Waals surface area contributed by atoms with Gasteiger partial charge in [0.15, 0.2) is 0 Å². The van der Waals surface area contributed by atoms with Gasteiger partial charge in [-0.05, 0) is 25.0 Å². The van der Waals surface area contributed by atoms with Crippen molar-refractivity contribution in [1.29, 1.82) is 0 Å². The first kappa shape index (κ1) is 14.7. The number of hydrogen-bond donors (Lipinski definition) is 1. The molecule has 0 radical (unpaired) electrons. The zero-order valence-electron chi connectivity index (χ0n) is 11.7. The standard InChI is InChI=1S/C17H19F2N/c1-12-3-7-15(8-4-12)13(2)20-11-14-5-9-16(10-6-14)17(18)19/h3-10,13,17,20H,11H2,1-2H3/t13-/m1/s1. The lowest BCUT2D eigenvalue weighted by atomic mass is 10.1. The normalized spacial score (nSPS) is 12.7. The van der Waals surface area contributed by atoms with Gasteiger partial charge in [-0.3, -0.25) is 0 Å². The minimum Gasteiger partial charge on any atom is -0.306 e. The van der Waals surface area contributed by atoms with Crippen LogP contribution in [0.2, 0.25) is 0 Å². The second-order valence-corrected chi connectivity index (χ2v) is 5.06. The number of rotatable bonds is 5. The first-order valence-electron chi connectivity index (χ1n) is 6.73. The van der Waals surface area contributed by atoms with Gasteiger partial charge in [-0.1, -0.05) is 54.1 Å². The number of aryl methyl sites for hydroxylation is 1. The fraction of sp³-hybridized carbons (Fsp3) is 0.294. The average molecular weight is 275 g/mol. The van der Waals surface area contributed by atoms with E-state index in [4.69, 9.17) is 0 Å². The number of alkyl halides is 2. The molecule has 0 heterocycles. The van der Waals surface area contributed by atoms with Crippen molar-refractivity contribution in [3.63, 3.8) is 0 Å². The molecular weight excluding hydrogens is 256 g/mol. The lowest BCUT2D eigenvalue weighted by molar-refractivity contribution is 0.151. The average Bonchev–Trinajstić information content (AvgIpc) is 2.46. The first-order valence-corrected chi connectivity index (χ1v) is 6.73. The minimum absolute atomic E-state index is 0.0698. The summed E-state index contributed by atoms with van der Waals surface area (Å²) in [5.74, 6) is 0. The van der Waals surface area contributed by atoms with Crippen LogP contribution >= 0.6 is 0 Å². The summed E-state index contributed by atoms with van der Waals surface area (Å²) in [4.78, 5) is 0. The number of hydrogen-bond acceptors (Lipinski definition) is 1. The second-order valence-electron chi connectivity index (χ2n) is 5.06. The lowest BCUT2D eigenvalue weighted by Crippen LogP contribution is -2.18. The maximum atomic E-state index is 12.5. The zero-order valence-corrected chi connectivity index (χ0v) is 11.7. The van der Waals surface area contributed by atoms with E-state index in [9.17, 15) is 8.78 Å². The van der Waals surface area contributed by atoms with Crippen LogP contribution in [0.3, 0.4) is 0 Å². The Morgan fingerprint density at radius 1 is 0.900 bits per heavy atom. The second kappa shape index (κ2) is 6.62. The largest absolute Gasteiger partial charge is 0.306 e. The summed E-state index contributed by atoms with van der Waals surface area (Å²) >= 11 is 0. The third kappa shape index (κ3) is 3.87. The molecule has 0 saturated carbocycles. The van der Waals surface area contributed by atoms with E-state index in [2.05, 4.69) is 43.4 Å². The molecule has 0 aliphatic heterocycles. The lowest BCUT2D eigenvalue weighted by Gasteiger charge is -2.14. The van der Waals surface area contributed by atoms with Crippen molar-refractivity contribution in [3.8, 4) is 0 Å². The van der Waals surface area contributed by atoms with Gasteiger partial charge in [0.1, 0.15) is 0 Å². The van der Waals surface area contributed by atoms with Crippen molar-refractivity contribution in [3.05, 3.63) is 70.8 Å². The molecule has 2 aromatic carbocycles. The summed E-state index contributed by atoms with van der Waals surface area (Å²) in [6.45, 7) is 4.82. The summed E-state index contributed by atoms with van der Waals surface area (Å²) in [6, 6.07) is 15.1. The highest BCUT2D eigenvalue weighted by atomic mass is 19.3. The third-order valence-corrected chi connectivity index (χ3v) is 3.42. The van der Waals surface area contributed by atoms with Crippen LogP contribution in [-0.2, 0) is 6.54 Å². The van der Waals surface area contributed by atoms with Gasteiger partial charge < -0.3 is 5.32 Å². The van der Waals surface area contributed by atoms with Crippen LogP contribution in [0, 0.1) is 6.92 Å². The van der Waals surface area contributed by atoms with E-state index in [1.807, 2.05) is 0 Å². The molecule has 2 aromatic rings. The Morgan fingerprint density at radius 3 is 2.00 bits per heavy atom. The van der Waals surface area contributed by atoms with Crippen LogP contribution < -0.4 is 5.32 Å². The monoisotopic (exact) mass is 275 g/mol. The van der Waals surface area contributed by atoms with Crippen molar-refractivity contribution in [2.24, 2.45) is 0 Å². The van der Waals surface area contributed by atoms with Crippen molar-refractivity contribution in [2.45, 2.75) is 32.9 Å². The molecule has 0 aliphatic carbocycles. The van der Waals surface area contributed by atoms with Gasteiger partial charge in [-0.2, -0.15) is 0 Å². The maximum absolute atomic E-state index is 12.5. The molecule has 3 heteroatoms. The zero-order chi connectivity index (χ0) is 14.5. The topological polar surface area (TPSA) is 12.0 Å². The van der Waals surface area contributed by atoms with Crippen molar-refractivity contribution >= 4 is 0 Å².